The van der Waals surface area contributed by atoms with Gasteiger partial charge in [-0.25, -0.2) is 9.59 Å². The number of halogens is 2. The van der Waals surface area contributed by atoms with Crippen molar-refractivity contribution < 1.29 is 38.3 Å². The summed E-state index contributed by atoms with van der Waals surface area (Å²) in [6.07, 6.45) is 0. The molecule has 1 fully saturated rings. The maximum Gasteiger partial charge on any atom is 0.367 e. The van der Waals surface area contributed by atoms with E-state index in [1.807, 2.05) is 0 Å². The lowest BCUT2D eigenvalue weighted by Crippen LogP contribution is -2.71. The first-order valence-corrected chi connectivity index (χ1v) is 13.6. The summed E-state index contributed by atoms with van der Waals surface area (Å²) < 4.78 is 10.5. The fourth-order valence-corrected chi connectivity index (χ4v) is 5.31. The average Bonchev–Trinajstić information content (AvgIpc) is 3.33. The van der Waals surface area contributed by atoms with Gasteiger partial charge >= 0.3 is 17.9 Å². The van der Waals surface area contributed by atoms with Crippen molar-refractivity contribution in [2.45, 2.75) is 49.5 Å². The van der Waals surface area contributed by atoms with Gasteiger partial charge in [0.2, 0.25) is 4.84 Å². The average molecular weight is 592 g/mol. The molecule has 0 spiro atoms. The normalized spacial score (nSPS) is 19.7. The summed E-state index contributed by atoms with van der Waals surface area (Å²) in [6.45, 7) is 6.09. The fraction of sp³-hybridized carbons (Fsp3) is 0.455. The highest BCUT2D eigenvalue weighted by atomic mass is 35.5. The molecule has 0 saturated carbocycles. The summed E-state index contributed by atoms with van der Waals surface area (Å²) >= 11 is 13.5. The highest BCUT2D eigenvalue weighted by Gasteiger charge is 2.55. The summed E-state index contributed by atoms with van der Waals surface area (Å²) in [6, 6.07) is 0.559. The van der Waals surface area contributed by atoms with Gasteiger partial charge in [-0.15, -0.1) is 11.8 Å². The molecular weight excluding hydrogens is 569 g/mol. The second kappa shape index (κ2) is 11.8. The van der Waals surface area contributed by atoms with Crippen molar-refractivity contribution in [3.8, 4) is 0 Å². The van der Waals surface area contributed by atoms with Crippen molar-refractivity contribution in [2.24, 2.45) is 5.16 Å². The van der Waals surface area contributed by atoms with Crippen LogP contribution in [0.2, 0.25) is 0 Å². The molecule has 0 unspecified atom stereocenters. The third-order valence-electron chi connectivity index (χ3n) is 4.79. The first kappa shape index (κ1) is 29.0. The molecule has 15 heteroatoms. The predicted octanol–water partition coefficient (Wildman–Crippen LogP) is 2.36. The van der Waals surface area contributed by atoms with E-state index in [0.29, 0.717) is 11.1 Å². The van der Waals surface area contributed by atoms with Crippen LogP contribution in [0, 0.1) is 0 Å². The van der Waals surface area contributed by atoms with Crippen LogP contribution in [-0.2, 0) is 38.3 Å². The van der Waals surface area contributed by atoms with Gasteiger partial charge < -0.3 is 19.6 Å². The van der Waals surface area contributed by atoms with Crippen LogP contribution in [0.4, 0.5) is 0 Å². The summed E-state index contributed by atoms with van der Waals surface area (Å²) in [4.78, 5) is 66.5. The molecule has 0 bridgehead atoms. The molecule has 37 heavy (non-hydrogen) atoms. The maximum atomic E-state index is 13.2. The molecule has 1 aromatic heterocycles. The zero-order valence-electron chi connectivity index (χ0n) is 20.1. The molecule has 2 amide bonds. The van der Waals surface area contributed by atoms with Crippen molar-refractivity contribution in [1.29, 1.82) is 0 Å². The van der Waals surface area contributed by atoms with E-state index in [4.69, 9.17) is 32.7 Å². The van der Waals surface area contributed by atoms with Crippen LogP contribution < -0.4 is 5.32 Å². The third kappa shape index (κ3) is 7.03. The van der Waals surface area contributed by atoms with Crippen LogP contribution in [-0.4, -0.2) is 74.5 Å². The van der Waals surface area contributed by atoms with Crippen molar-refractivity contribution in [3.63, 3.8) is 0 Å². The highest BCUT2D eigenvalue weighted by molar-refractivity contribution is 8.00. The summed E-state index contributed by atoms with van der Waals surface area (Å²) in [5, 5.41) is 8.82. The monoisotopic (exact) mass is 591 g/mol. The van der Waals surface area contributed by atoms with Gasteiger partial charge in [-0.2, -0.15) is 11.3 Å². The Balaban J connectivity index is 1.83. The van der Waals surface area contributed by atoms with E-state index in [9.17, 15) is 24.0 Å². The standard InChI is InChI=1S/C22H23Cl2N3O8S2/c1-10(28)33-7-12-9-37-19-14(18(30)27(19)15(12)20(31)34-22(2,3)4)25-17(29)13(11-5-6-36-8-11)26-35-21(32)16(23)24/h5-6,8,14,16,19H,7,9H2,1-4H3,(H,25,29)/b26-13+/t14-,19-/m1/s1. The number of amides is 2. The van der Waals surface area contributed by atoms with Crippen LogP contribution in [0.1, 0.15) is 33.3 Å². The molecule has 200 valence electrons. The van der Waals surface area contributed by atoms with Crippen LogP contribution in [0.15, 0.2) is 33.3 Å². The number of hydrogen-bond donors (Lipinski definition) is 1. The number of nitrogens with one attached hydrogen (secondary N) is 1. The van der Waals surface area contributed by atoms with Gasteiger partial charge in [-0.3, -0.25) is 19.3 Å². The molecule has 2 atom stereocenters. The van der Waals surface area contributed by atoms with E-state index in [0.717, 1.165) is 0 Å². The van der Waals surface area contributed by atoms with E-state index in [-0.39, 0.29) is 23.8 Å². The van der Waals surface area contributed by atoms with Crippen LogP contribution in [0.5, 0.6) is 0 Å². The van der Waals surface area contributed by atoms with Crippen molar-refractivity contribution >= 4 is 81.7 Å². The molecule has 1 aromatic rings. The SMILES string of the molecule is CC(=O)OCC1=C(C(=O)OC(C)(C)C)N2C(=O)[C@@H](NC(=O)/C(=N/OC(=O)C(Cl)Cl)c3ccsc3)[C@H]2SC1. The lowest BCUT2D eigenvalue weighted by molar-refractivity contribution is -0.159. The molecule has 3 heterocycles. The van der Waals surface area contributed by atoms with E-state index in [2.05, 4.69) is 15.3 Å². The summed E-state index contributed by atoms with van der Waals surface area (Å²) in [7, 11) is 0. The number of hydrogen-bond acceptors (Lipinski definition) is 11. The Kier molecular flexibility index (Phi) is 9.27. The molecule has 0 aliphatic carbocycles. The highest BCUT2D eigenvalue weighted by Crippen LogP contribution is 2.41. The van der Waals surface area contributed by atoms with Gasteiger partial charge in [0.15, 0.2) is 5.71 Å². The number of carbonyl (C=O) groups excluding carboxylic acids is 5. The number of esters is 2. The van der Waals surface area contributed by atoms with Gasteiger partial charge in [0.05, 0.1) is 0 Å². The molecule has 2 aliphatic heterocycles. The van der Waals surface area contributed by atoms with Crippen molar-refractivity contribution in [3.05, 3.63) is 33.7 Å². The molecule has 1 saturated heterocycles. The zero-order valence-corrected chi connectivity index (χ0v) is 23.3. The van der Waals surface area contributed by atoms with E-state index < -0.39 is 51.6 Å². The van der Waals surface area contributed by atoms with Gasteiger partial charge in [0.1, 0.15) is 29.3 Å². The number of nitrogens with zero attached hydrogens (tertiary/aromatic N) is 2. The Bertz CT molecular complexity index is 1160. The first-order valence-electron chi connectivity index (χ1n) is 10.7. The number of β-lactam (4-membered cyclic amide) rings is 1. The predicted molar refractivity (Wildman–Crippen MR) is 137 cm³/mol. The van der Waals surface area contributed by atoms with E-state index in [1.54, 1.807) is 37.6 Å². The number of alkyl halides is 2. The topological polar surface area (TPSA) is 141 Å². The fourth-order valence-electron chi connectivity index (χ4n) is 3.26. The molecule has 0 aromatic carbocycles. The van der Waals surface area contributed by atoms with Gasteiger partial charge in [0.25, 0.3) is 11.8 Å². The molecule has 0 radical (unpaired) electrons. The van der Waals surface area contributed by atoms with Gasteiger partial charge in [-0.05, 0) is 32.2 Å². The number of thiophene rings is 1. The smallest absolute Gasteiger partial charge is 0.367 e. The van der Waals surface area contributed by atoms with Gasteiger partial charge in [0, 0.05) is 29.2 Å². The number of fused-ring (bicyclic) bond motifs is 1. The Morgan fingerprint density at radius 3 is 2.54 bits per heavy atom. The quantitative estimate of drug-likeness (QED) is 0.120. The minimum atomic E-state index is -1.50. The Morgan fingerprint density at radius 2 is 1.97 bits per heavy atom. The lowest BCUT2D eigenvalue weighted by Gasteiger charge is -2.49. The largest absolute Gasteiger partial charge is 0.461 e. The first-order chi connectivity index (χ1) is 17.3. The Labute approximate surface area is 230 Å². The number of carbonyl (C=O) groups is 5. The van der Waals surface area contributed by atoms with Crippen molar-refractivity contribution in [1.82, 2.24) is 10.2 Å². The van der Waals surface area contributed by atoms with E-state index in [1.165, 1.54) is 34.9 Å². The summed E-state index contributed by atoms with van der Waals surface area (Å²) in [5.74, 6) is -3.49. The minimum Gasteiger partial charge on any atom is -0.461 e. The lowest BCUT2D eigenvalue weighted by atomic mass is 10.0. The second-order valence-electron chi connectivity index (χ2n) is 8.76. The van der Waals surface area contributed by atoms with Crippen LogP contribution >= 0.6 is 46.3 Å². The summed E-state index contributed by atoms with van der Waals surface area (Å²) in [5.41, 5.74) is -0.380. The van der Waals surface area contributed by atoms with Crippen molar-refractivity contribution in [2.75, 3.05) is 12.4 Å². The minimum absolute atomic E-state index is 0.0219. The number of ether oxygens (including phenoxy) is 2. The maximum absolute atomic E-state index is 13.2. The number of thioether (sulfide) groups is 1. The van der Waals surface area contributed by atoms with E-state index >= 15 is 0 Å². The number of rotatable bonds is 8. The second-order valence-corrected chi connectivity index (χ2v) is 11.7. The molecular formula is C22H23Cl2N3O8S2. The number of oxime groups is 1. The third-order valence-corrected chi connectivity index (χ3v) is 7.17. The molecule has 1 N–H and O–H groups in total. The molecule has 2 aliphatic rings. The molecule has 11 nitrogen and oxygen atoms in total. The van der Waals surface area contributed by atoms with Gasteiger partial charge in [-0.1, -0.05) is 28.4 Å². The van der Waals surface area contributed by atoms with Crippen LogP contribution in [0.3, 0.4) is 0 Å². The Morgan fingerprint density at radius 1 is 1.27 bits per heavy atom. The van der Waals surface area contributed by atoms with Crippen LogP contribution in [0.25, 0.3) is 0 Å². The Hall–Kier alpha value is -2.61. The zero-order chi connectivity index (χ0) is 27.5. The molecule has 3 rings (SSSR count).